The number of halogens is 1. The van der Waals surface area contributed by atoms with Crippen LogP contribution in [0.1, 0.15) is 30.6 Å². The van der Waals surface area contributed by atoms with Gasteiger partial charge in [-0.1, -0.05) is 18.2 Å². The number of aliphatic imine (C=N–C) groups is 1. The van der Waals surface area contributed by atoms with Crippen molar-refractivity contribution in [1.29, 1.82) is 0 Å². The Morgan fingerprint density at radius 1 is 1.26 bits per heavy atom. The number of rotatable bonds is 6. The molecular formula is C19H26IN7. The fourth-order valence-electron chi connectivity index (χ4n) is 3.47. The van der Waals surface area contributed by atoms with E-state index in [1.165, 1.54) is 16.5 Å². The van der Waals surface area contributed by atoms with Gasteiger partial charge in [-0.3, -0.25) is 0 Å². The molecule has 0 unspecified atom stereocenters. The number of aromatic nitrogens is 4. The summed E-state index contributed by atoms with van der Waals surface area (Å²) in [6.07, 6.45) is 5.22. The van der Waals surface area contributed by atoms with E-state index >= 15 is 0 Å². The summed E-state index contributed by atoms with van der Waals surface area (Å²) in [7, 11) is 0. The third kappa shape index (κ3) is 4.42. The molecule has 1 aliphatic rings. The smallest absolute Gasteiger partial charge is 0.191 e. The minimum atomic E-state index is 0. The zero-order valence-corrected chi connectivity index (χ0v) is 17.9. The topological polar surface area (TPSA) is 82.9 Å². The number of para-hydroxylation sites is 1. The van der Waals surface area contributed by atoms with Gasteiger partial charge >= 0.3 is 0 Å². The van der Waals surface area contributed by atoms with Gasteiger partial charge in [0.15, 0.2) is 11.8 Å². The average molecular weight is 479 g/mol. The van der Waals surface area contributed by atoms with E-state index in [1.807, 2.05) is 0 Å². The van der Waals surface area contributed by atoms with E-state index in [-0.39, 0.29) is 24.0 Å². The Hall–Kier alpha value is -2.10. The first-order valence-corrected chi connectivity index (χ1v) is 9.33. The quantitative estimate of drug-likeness (QED) is 0.289. The van der Waals surface area contributed by atoms with Crippen LogP contribution in [0.25, 0.3) is 10.9 Å². The van der Waals surface area contributed by atoms with Gasteiger partial charge in [0, 0.05) is 43.2 Å². The maximum absolute atomic E-state index is 4.68. The van der Waals surface area contributed by atoms with Crippen LogP contribution in [-0.4, -0.2) is 38.8 Å². The second-order valence-corrected chi connectivity index (χ2v) is 6.52. The molecule has 144 valence electrons. The third-order valence-corrected chi connectivity index (χ3v) is 4.77. The van der Waals surface area contributed by atoms with Gasteiger partial charge in [0.25, 0.3) is 0 Å². The average Bonchev–Trinajstić information content (AvgIpc) is 3.36. The van der Waals surface area contributed by atoms with Crippen LogP contribution in [0.2, 0.25) is 0 Å². The first-order chi connectivity index (χ1) is 12.8. The zero-order chi connectivity index (χ0) is 17.8. The molecule has 3 heterocycles. The Bertz CT molecular complexity index is 912. The van der Waals surface area contributed by atoms with Crippen molar-refractivity contribution in [3.05, 3.63) is 47.7 Å². The number of H-pyrrole nitrogens is 1. The first-order valence-electron chi connectivity index (χ1n) is 9.33. The Balaban J connectivity index is 0.00000210. The lowest BCUT2D eigenvalue weighted by Crippen LogP contribution is -2.38. The van der Waals surface area contributed by atoms with Crippen LogP contribution in [0.4, 0.5) is 0 Å². The molecule has 0 fully saturated rings. The van der Waals surface area contributed by atoms with E-state index in [4.69, 9.17) is 0 Å². The molecule has 0 spiro atoms. The predicted octanol–water partition coefficient (Wildman–Crippen LogP) is 2.62. The molecule has 0 atom stereocenters. The Morgan fingerprint density at radius 3 is 3.04 bits per heavy atom. The highest BCUT2D eigenvalue weighted by molar-refractivity contribution is 14.0. The van der Waals surface area contributed by atoms with E-state index < -0.39 is 0 Å². The van der Waals surface area contributed by atoms with E-state index in [9.17, 15) is 0 Å². The van der Waals surface area contributed by atoms with Crippen molar-refractivity contribution >= 4 is 40.8 Å². The van der Waals surface area contributed by atoms with Crippen molar-refractivity contribution in [2.24, 2.45) is 4.99 Å². The fraction of sp³-hybridized carbons (Fsp3) is 0.421. The van der Waals surface area contributed by atoms with E-state index in [1.54, 1.807) is 0 Å². The molecule has 0 aliphatic carbocycles. The lowest BCUT2D eigenvalue weighted by molar-refractivity contribution is 0.684. The number of hydrogen-bond donors (Lipinski definition) is 3. The number of aryl methyl sites for hydroxylation is 1. The van der Waals surface area contributed by atoms with E-state index in [0.717, 1.165) is 56.5 Å². The molecule has 0 saturated carbocycles. The van der Waals surface area contributed by atoms with Crippen LogP contribution in [0.5, 0.6) is 0 Å². The Labute approximate surface area is 176 Å². The van der Waals surface area contributed by atoms with E-state index in [0.29, 0.717) is 6.54 Å². The Morgan fingerprint density at radius 2 is 2.15 bits per heavy atom. The van der Waals surface area contributed by atoms with Gasteiger partial charge in [0.05, 0.1) is 0 Å². The van der Waals surface area contributed by atoms with Crippen LogP contribution < -0.4 is 10.6 Å². The summed E-state index contributed by atoms with van der Waals surface area (Å²) in [5, 5.41) is 16.5. The molecule has 3 aromatic rings. The number of nitrogens with zero attached hydrogens (tertiary/aromatic N) is 4. The monoisotopic (exact) mass is 479 g/mol. The second kappa shape index (κ2) is 9.20. The normalized spacial score (nSPS) is 13.4. The number of guanidine groups is 1. The largest absolute Gasteiger partial charge is 0.361 e. The van der Waals surface area contributed by atoms with Crippen molar-refractivity contribution in [3.63, 3.8) is 0 Å². The van der Waals surface area contributed by atoms with Crippen LogP contribution in [-0.2, 0) is 25.9 Å². The molecule has 1 aromatic carbocycles. The van der Waals surface area contributed by atoms with Crippen LogP contribution in [0.15, 0.2) is 35.5 Å². The summed E-state index contributed by atoms with van der Waals surface area (Å²) in [4.78, 5) is 8.01. The molecule has 1 aliphatic heterocycles. The van der Waals surface area contributed by atoms with Gasteiger partial charge < -0.3 is 20.2 Å². The van der Waals surface area contributed by atoms with Crippen molar-refractivity contribution in [1.82, 2.24) is 30.4 Å². The predicted molar refractivity (Wildman–Crippen MR) is 119 cm³/mol. The highest BCUT2D eigenvalue weighted by Crippen LogP contribution is 2.17. The SMILES string of the molecule is CCNC(=NCc1nnc2n1CCC2)NCCc1c[nH]c2ccccc12.I. The van der Waals surface area contributed by atoms with Crippen LogP contribution in [0, 0.1) is 0 Å². The third-order valence-electron chi connectivity index (χ3n) is 4.77. The number of benzene rings is 1. The lowest BCUT2D eigenvalue weighted by atomic mass is 10.1. The summed E-state index contributed by atoms with van der Waals surface area (Å²) in [6.45, 7) is 5.29. The lowest BCUT2D eigenvalue weighted by Gasteiger charge is -2.11. The van der Waals surface area contributed by atoms with Crippen LogP contribution >= 0.6 is 24.0 Å². The van der Waals surface area contributed by atoms with Crippen molar-refractivity contribution in [2.45, 2.75) is 39.3 Å². The van der Waals surface area contributed by atoms with Crippen molar-refractivity contribution in [2.75, 3.05) is 13.1 Å². The summed E-state index contributed by atoms with van der Waals surface area (Å²) < 4.78 is 2.19. The van der Waals surface area contributed by atoms with Gasteiger partial charge in [-0.05, 0) is 31.4 Å². The summed E-state index contributed by atoms with van der Waals surface area (Å²) in [5.41, 5.74) is 2.50. The van der Waals surface area contributed by atoms with Gasteiger partial charge in [0.2, 0.25) is 0 Å². The minimum Gasteiger partial charge on any atom is -0.361 e. The van der Waals surface area contributed by atoms with E-state index in [2.05, 4.69) is 72.8 Å². The van der Waals surface area contributed by atoms with Gasteiger partial charge in [-0.15, -0.1) is 34.2 Å². The minimum absolute atomic E-state index is 0. The molecule has 3 N–H and O–H groups in total. The first kappa shape index (κ1) is 19.7. The summed E-state index contributed by atoms with van der Waals surface area (Å²) >= 11 is 0. The molecular weight excluding hydrogens is 453 g/mol. The number of hydrogen-bond acceptors (Lipinski definition) is 3. The molecule has 8 heteroatoms. The molecule has 2 aromatic heterocycles. The van der Waals surface area contributed by atoms with Crippen molar-refractivity contribution < 1.29 is 0 Å². The second-order valence-electron chi connectivity index (χ2n) is 6.52. The van der Waals surface area contributed by atoms with Gasteiger partial charge in [-0.2, -0.15) is 0 Å². The maximum atomic E-state index is 4.68. The van der Waals surface area contributed by atoms with Gasteiger partial charge in [-0.25, -0.2) is 4.99 Å². The summed E-state index contributed by atoms with van der Waals surface area (Å²) in [6, 6.07) is 8.40. The number of aromatic amines is 1. The molecule has 27 heavy (non-hydrogen) atoms. The molecule has 7 nitrogen and oxygen atoms in total. The summed E-state index contributed by atoms with van der Waals surface area (Å²) in [5.74, 6) is 2.86. The maximum Gasteiger partial charge on any atom is 0.191 e. The highest BCUT2D eigenvalue weighted by atomic mass is 127. The highest BCUT2D eigenvalue weighted by Gasteiger charge is 2.16. The molecule has 0 radical (unpaired) electrons. The number of nitrogens with one attached hydrogen (secondary N) is 3. The molecule has 0 bridgehead atoms. The van der Waals surface area contributed by atoms with Crippen LogP contribution in [0.3, 0.4) is 0 Å². The fourth-order valence-corrected chi connectivity index (χ4v) is 3.47. The number of fused-ring (bicyclic) bond motifs is 2. The standard InChI is InChI=1S/C19H25N7.HI/c1-2-20-19(23-13-18-25-24-17-8-5-11-26(17)18)21-10-9-14-12-22-16-7-4-3-6-15(14)16;/h3-4,6-7,12,22H,2,5,8-11,13H2,1H3,(H2,20,21,23);1H. The molecule has 0 saturated heterocycles. The zero-order valence-electron chi connectivity index (χ0n) is 15.5. The van der Waals surface area contributed by atoms with Crippen molar-refractivity contribution in [3.8, 4) is 0 Å². The molecule has 4 rings (SSSR count). The Kier molecular flexibility index (Phi) is 6.70. The van der Waals surface area contributed by atoms with Gasteiger partial charge in [0.1, 0.15) is 12.4 Å². The molecule has 0 amide bonds.